The van der Waals surface area contributed by atoms with E-state index in [1.165, 1.54) is 0 Å². The topological polar surface area (TPSA) is 55.4 Å². The first-order valence-corrected chi connectivity index (χ1v) is 5.00. The van der Waals surface area contributed by atoms with Crippen molar-refractivity contribution >= 4 is 5.97 Å². The number of aryl methyl sites for hydroxylation is 1. The van der Waals surface area contributed by atoms with Crippen LogP contribution < -0.4 is 0 Å². The van der Waals surface area contributed by atoms with E-state index in [-0.39, 0.29) is 6.42 Å². The Morgan fingerprint density at radius 3 is 2.81 bits per heavy atom. The highest BCUT2D eigenvalue weighted by atomic mass is 16.4. The lowest BCUT2D eigenvalue weighted by Crippen LogP contribution is -2.05. The number of aromatic nitrogens is 1. The van der Waals surface area contributed by atoms with Crippen molar-refractivity contribution < 1.29 is 14.3 Å². The van der Waals surface area contributed by atoms with E-state index in [0.29, 0.717) is 0 Å². The standard InChI is InChI=1S/C12H13NO3/c1-8-5-11(16-7-8)10-4-3-9(13(10)2)6-12(14)15/h3-5,7H,6H2,1-2H3,(H,14,15). The van der Waals surface area contributed by atoms with Crippen molar-refractivity contribution in [2.75, 3.05) is 0 Å². The van der Waals surface area contributed by atoms with Gasteiger partial charge in [0.05, 0.1) is 18.4 Å². The van der Waals surface area contributed by atoms with Crippen molar-refractivity contribution in [3.63, 3.8) is 0 Å². The molecule has 0 unspecified atom stereocenters. The maximum atomic E-state index is 10.6. The quantitative estimate of drug-likeness (QED) is 0.861. The van der Waals surface area contributed by atoms with Gasteiger partial charge in [0.15, 0.2) is 5.76 Å². The van der Waals surface area contributed by atoms with Crippen LogP contribution >= 0.6 is 0 Å². The summed E-state index contributed by atoms with van der Waals surface area (Å²) < 4.78 is 7.22. The third-order valence-corrected chi connectivity index (χ3v) is 2.54. The van der Waals surface area contributed by atoms with Gasteiger partial charge in [0.1, 0.15) is 0 Å². The van der Waals surface area contributed by atoms with Crippen molar-refractivity contribution in [1.82, 2.24) is 4.57 Å². The van der Waals surface area contributed by atoms with Crippen molar-refractivity contribution in [3.05, 3.63) is 35.7 Å². The molecular weight excluding hydrogens is 206 g/mol. The van der Waals surface area contributed by atoms with Crippen molar-refractivity contribution in [2.24, 2.45) is 7.05 Å². The molecule has 84 valence electrons. The molecule has 2 aromatic rings. The second-order valence-corrected chi connectivity index (χ2v) is 3.83. The SMILES string of the molecule is Cc1coc(-c2ccc(CC(=O)O)n2C)c1. The van der Waals surface area contributed by atoms with E-state index >= 15 is 0 Å². The Morgan fingerprint density at radius 1 is 1.50 bits per heavy atom. The minimum atomic E-state index is -0.830. The zero-order chi connectivity index (χ0) is 11.7. The molecule has 0 aliphatic carbocycles. The summed E-state index contributed by atoms with van der Waals surface area (Å²) in [7, 11) is 1.84. The molecule has 0 fully saturated rings. The van der Waals surface area contributed by atoms with Crippen LogP contribution in [0.5, 0.6) is 0 Å². The fourth-order valence-corrected chi connectivity index (χ4v) is 1.70. The minimum Gasteiger partial charge on any atom is -0.481 e. The molecule has 0 saturated heterocycles. The van der Waals surface area contributed by atoms with E-state index < -0.39 is 5.97 Å². The number of carboxylic acids is 1. The molecule has 2 rings (SSSR count). The molecule has 1 N–H and O–H groups in total. The number of aliphatic carboxylic acids is 1. The Balaban J connectivity index is 2.36. The fraction of sp³-hybridized carbons (Fsp3) is 0.250. The predicted octanol–water partition coefficient (Wildman–Crippen LogP) is 2.22. The van der Waals surface area contributed by atoms with Gasteiger partial charge in [-0.1, -0.05) is 0 Å². The third-order valence-electron chi connectivity index (χ3n) is 2.54. The fourth-order valence-electron chi connectivity index (χ4n) is 1.70. The summed E-state index contributed by atoms with van der Waals surface area (Å²) in [4.78, 5) is 10.6. The zero-order valence-corrected chi connectivity index (χ0v) is 9.23. The Labute approximate surface area is 93.1 Å². The summed E-state index contributed by atoms with van der Waals surface area (Å²) in [6.07, 6.45) is 1.70. The second-order valence-electron chi connectivity index (χ2n) is 3.83. The average Bonchev–Trinajstić information content (AvgIpc) is 2.74. The first kappa shape index (κ1) is 10.5. The van der Waals surface area contributed by atoms with Crippen LogP contribution in [0, 0.1) is 6.92 Å². The third kappa shape index (κ3) is 1.86. The second kappa shape index (κ2) is 3.89. The first-order chi connectivity index (χ1) is 7.58. The molecule has 0 atom stereocenters. The monoisotopic (exact) mass is 219 g/mol. The van der Waals surface area contributed by atoms with Gasteiger partial charge in [0, 0.05) is 12.7 Å². The van der Waals surface area contributed by atoms with E-state index in [0.717, 1.165) is 22.7 Å². The van der Waals surface area contributed by atoms with Gasteiger partial charge in [-0.15, -0.1) is 0 Å². The highest BCUT2D eigenvalue weighted by Gasteiger charge is 2.11. The van der Waals surface area contributed by atoms with Crippen molar-refractivity contribution in [3.8, 4) is 11.5 Å². The number of carboxylic acid groups (broad SMARTS) is 1. The lowest BCUT2D eigenvalue weighted by atomic mass is 10.3. The smallest absolute Gasteiger partial charge is 0.309 e. The van der Waals surface area contributed by atoms with Gasteiger partial charge in [-0.3, -0.25) is 4.79 Å². The summed E-state index contributed by atoms with van der Waals surface area (Å²) in [6.45, 7) is 1.95. The molecule has 0 radical (unpaired) electrons. The van der Waals surface area contributed by atoms with Gasteiger partial charge in [0.2, 0.25) is 0 Å². The summed E-state index contributed by atoms with van der Waals surface area (Å²) in [5.41, 5.74) is 2.71. The lowest BCUT2D eigenvalue weighted by molar-refractivity contribution is -0.136. The van der Waals surface area contributed by atoms with Crippen molar-refractivity contribution in [2.45, 2.75) is 13.3 Å². The van der Waals surface area contributed by atoms with Crippen LogP contribution in [0.2, 0.25) is 0 Å². The first-order valence-electron chi connectivity index (χ1n) is 5.00. The normalized spacial score (nSPS) is 10.6. The number of hydrogen-bond donors (Lipinski definition) is 1. The van der Waals surface area contributed by atoms with Crippen LogP contribution in [-0.4, -0.2) is 15.6 Å². The molecular formula is C12H13NO3. The summed E-state index contributed by atoms with van der Waals surface area (Å²) in [5.74, 6) is -0.0694. The molecule has 0 saturated carbocycles. The number of hydrogen-bond acceptors (Lipinski definition) is 2. The molecule has 0 amide bonds. The molecule has 0 aliphatic heterocycles. The van der Waals surface area contributed by atoms with E-state index in [9.17, 15) is 4.79 Å². The molecule has 2 aromatic heterocycles. The van der Waals surface area contributed by atoms with Gasteiger partial charge >= 0.3 is 5.97 Å². The highest BCUT2D eigenvalue weighted by Crippen LogP contribution is 2.23. The molecule has 2 heterocycles. The zero-order valence-electron chi connectivity index (χ0n) is 9.23. The molecule has 16 heavy (non-hydrogen) atoms. The maximum absolute atomic E-state index is 10.6. The van der Waals surface area contributed by atoms with Crippen molar-refractivity contribution in [1.29, 1.82) is 0 Å². The van der Waals surface area contributed by atoms with Gasteiger partial charge in [0.25, 0.3) is 0 Å². The Bertz CT molecular complexity index is 522. The Kier molecular flexibility index (Phi) is 2.56. The molecule has 4 heteroatoms. The predicted molar refractivity (Wildman–Crippen MR) is 59.2 cm³/mol. The number of carbonyl (C=O) groups is 1. The van der Waals surface area contributed by atoms with E-state index in [1.54, 1.807) is 12.3 Å². The molecule has 0 aliphatic rings. The van der Waals surface area contributed by atoms with Crippen LogP contribution in [0.25, 0.3) is 11.5 Å². The molecule has 4 nitrogen and oxygen atoms in total. The van der Waals surface area contributed by atoms with Crippen LogP contribution in [-0.2, 0) is 18.3 Å². The minimum absolute atomic E-state index is 0.0240. The van der Waals surface area contributed by atoms with Crippen LogP contribution in [0.4, 0.5) is 0 Å². The number of rotatable bonds is 3. The average molecular weight is 219 g/mol. The summed E-state index contributed by atoms with van der Waals surface area (Å²) >= 11 is 0. The molecule has 0 bridgehead atoms. The largest absolute Gasteiger partial charge is 0.481 e. The summed E-state index contributed by atoms with van der Waals surface area (Å²) in [5, 5.41) is 8.74. The summed E-state index contributed by atoms with van der Waals surface area (Å²) in [6, 6.07) is 5.61. The lowest BCUT2D eigenvalue weighted by Gasteiger charge is -2.03. The van der Waals surface area contributed by atoms with E-state index in [1.807, 2.05) is 30.7 Å². The van der Waals surface area contributed by atoms with E-state index in [2.05, 4.69) is 0 Å². The highest BCUT2D eigenvalue weighted by molar-refractivity contribution is 5.70. The molecule has 0 aromatic carbocycles. The Hall–Kier alpha value is -1.97. The van der Waals surface area contributed by atoms with Crippen LogP contribution in [0.15, 0.2) is 28.9 Å². The van der Waals surface area contributed by atoms with Crippen LogP contribution in [0.3, 0.4) is 0 Å². The number of nitrogens with zero attached hydrogens (tertiary/aromatic N) is 1. The Morgan fingerprint density at radius 2 is 2.25 bits per heavy atom. The van der Waals surface area contributed by atoms with Gasteiger partial charge in [-0.2, -0.15) is 0 Å². The maximum Gasteiger partial charge on any atom is 0.309 e. The van der Waals surface area contributed by atoms with Gasteiger partial charge in [-0.25, -0.2) is 0 Å². The molecule has 0 spiro atoms. The van der Waals surface area contributed by atoms with Crippen LogP contribution in [0.1, 0.15) is 11.3 Å². The van der Waals surface area contributed by atoms with Gasteiger partial charge in [-0.05, 0) is 30.7 Å². The van der Waals surface area contributed by atoms with Gasteiger partial charge < -0.3 is 14.1 Å². The van der Waals surface area contributed by atoms with E-state index in [4.69, 9.17) is 9.52 Å². The number of furan rings is 1.